The SMILES string of the molecule is COc1ccc([Se]c2ccc(OC)cc2)cc1. The summed E-state index contributed by atoms with van der Waals surface area (Å²) in [5, 5.41) is 0. The minimum atomic E-state index is 0.332. The summed E-state index contributed by atoms with van der Waals surface area (Å²) in [6, 6.07) is 16.5. The molecule has 0 heterocycles. The van der Waals surface area contributed by atoms with Crippen molar-refractivity contribution in [3.8, 4) is 11.5 Å². The van der Waals surface area contributed by atoms with E-state index >= 15 is 0 Å². The zero-order valence-corrected chi connectivity index (χ0v) is 11.6. The van der Waals surface area contributed by atoms with Gasteiger partial charge in [-0.3, -0.25) is 0 Å². The van der Waals surface area contributed by atoms with E-state index in [1.807, 2.05) is 24.3 Å². The van der Waals surface area contributed by atoms with Crippen LogP contribution < -0.4 is 18.4 Å². The van der Waals surface area contributed by atoms with Crippen molar-refractivity contribution in [2.75, 3.05) is 14.2 Å². The van der Waals surface area contributed by atoms with Crippen molar-refractivity contribution in [1.82, 2.24) is 0 Å². The monoisotopic (exact) mass is 294 g/mol. The first-order valence-corrected chi connectivity index (χ1v) is 6.99. The Morgan fingerprint density at radius 3 is 1.29 bits per heavy atom. The number of methoxy groups -OCH3 is 2. The summed E-state index contributed by atoms with van der Waals surface area (Å²) in [6.07, 6.45) is 0. The maximum absolute atomic E-state index is 5.14. The molecule has 0 amide bonds. The van der Waals surface area contributed by atoms with Crippen molar-refractivity contribution < 1.29 is 9.47 Å². The molecule has 0 saturated heterocycles. The molecule has 88 valence electrons. The van der Waals surface area contributed by atoms with E-state index in [-0.39, 0.29) is 0 Å². The summed E-state index contributed by atoms with van der Waals surface area (Å²) in [6.45, 7) is 0. The first-order valence-electron chi connectivity index (χ1n) is 5.28. The number of ether oxygens (including phenoxy) is 2. The molecule has 0 aliphatic heterocycles. The Morgan fingerprint density at radius 1 is 0.647 bits per heavy atom. The molecular formula is C14H14O2Se. The minimum absolute atomic E-state index is 0.332. The van der Waals surface area contributed by atoms with Gasteiger partial charge in [0.15, 0.2) is 0 Å². The maximum atomic E-state index is 5.14. The van der Waals surface area contributed by atoms with Gasteiger partial charge in [-0.25, -0.2) is 0 Å². The molecule has 2 rings (SSSR count). The van der Waals surface area contributed by atoms with Crippen LogP contribution in [0.15, 0.2) is 48.5 Å². The van der Waals surface area contributed by atoms with Crippen LogP contribution in [0.3, 0.4) is 0 Å². The van der Waals surface area contributed by atoms with Crippen LogP contribution in [0.25, 0.3) is 0 Å². The number of benzene rings is 2. The number of hydrogen-bond donors (Lipinski definition) is 0. The van der Waals surface area contributed by atoms with Gasteiger partial charge >= 0.3 is 108 Å². The molecule has 17 heavy (non-hydrogen) atoms. The first-order chi connectivity index (χ1) is 8.31. The summed E-state index contributed by atoms with van der Waals surface area (Å²) in [5.74, 6) is 1.80. The van der Waals surface area contributed by atoms with Gasteiger partial charge in [0, 0.05) is 0 Å². The molecule has 0 radical (unpaired) electrons. The van der Waals surface area contributed by atoms with Crippen LogP contribution >= 0.6 is 0 Å². The van der Waals surface area contributed by atoms with Crippen LogP contribution in [-0.4, -0.2) is 29.2 Å². The van der Waals surface area contributed by atoms with E-state index in [4.69, 9.17) is 9.47 Å². The fraction of sp³-hybridized carbons (Fsp3) is 0.143. The second-order valence-electron chi connectivity index (χ2n) is 3.45. The normalized spacial score (nSPS) is 10.0. The van der Waals surface area contributed by atoms with Gasteiger partial charge < -0.3 is 0 Å². The molecule has 0 unspecified atom stereocenters. The van der Waals surface area contributed by atoms with Gasteiger partial charge in [-0.15, -0.1) is 0 Å². The molecule has 0 aromatic heterocycles. The molecule has 0 bridgehead atoms. The fourth-order valence-electron chi connectivity index (χ4n) is 1.42. The van der Waals surface area contributed by atoms with E-state index < -0.39 is 0 Å². The van der Waals surface area contributed by atoms with Gasteiger partial charge in [-0.1, -0.05) is 0 Å². The van der Waals surface area contributed by atoms with Crippen LogP contribution in [0.5, 0.6) is 11.5 Å². The van der Waals surface area contributed by atoms with Gasteiger partial charge in [0.1, 0.15) is 0 Å². The fourth-order valence-corrected chi connectivity index (χ4v) is 3.14. The van der Waals surface area contributed by atoms with Crippen LogP contribution in [0.2, 0.25) is 0 Å². The summed E-state index contributed by atoms with van der Waals surface area (Å²) in [4.78, 5) is 0. The summed E-state index contributed by atoms with van der Waals surface area (Å²) in [7, 11) is 3.37. The van der Waals surface area contributed by atoms with Gasteiger partial charge in [-0.05, 0) is 0 Å². The summed E-state index contributed by atoms with van der Waals surface area (Å²) < 4.78 is 13.0. The standard InChI is InChI=1S/C14H14O2Se/c1-15-11-3-7-13(8-4-11)17-14-9-5-12(16-2)6-10-14/h3-10H,1-2H3. The van der Waals surface area contributed by atoms with Gasteiger partial charge in [0.05, 0.1) is 0 Å². The Morgan fingerprint density at radius 2 is 1.00 bits per heavy atom. The van der Waals surface area contributed by atoms with Crippen molar-refractivity contribution in [3.63, 3.8) is 0 Å². The molecule has 0 aliphatic carbocycles. The van der Waals surface area contributed by atoms with E-state index in [0.717, 1.165) is 11.5 Å². The van der Waals surface area contributed by atoms with Crippen LogP contribution in [0.1, 0.15) is 0 Å². The van der Waals surface area contributed by atoms with E-state index in [0.29, 0.717) is 15.0 Å². The Bertz CT molecular complexity index is 417. The Labute approximate surface area is 108 Å². The molecule has 2 nitrogen and oxygen atoms in total. The van der Waals surface area contributed by atoms with Crippen LogP contribution in [0.4, 0.5) is 0 Å². The number of hydrogen-bond acceptors (Lipinski definition) is 2. The van der Waals surface area contributed by atoms with Crippen molar-refractivity contribution in [1.29, 1.82) is 0 Å². The summed E-state index contributed by atoms with van der Waals surface area (Å²) >= 11 is 0.332. The molecule has 0 saturated carbocycles. The van der Waals surface area contributed by atoms with Crippen LogP contribution in [-0.2, 0) is 0 Å². The van der Waals surface area contributed by atoms with Crippen LogP contribution in [0, 0.1) is 0 Å². The first kappa shape index (κ1) is 12.0. The topological polar surface area (TPSA) is 18.5 Å². The molecule has 2 aromatic rings. The zero-order chi connectivity index (χ0) is 12.1. The van der Waals surface area contributed by atoms with E-state index in [1.54, 1.807) is 14.2 Å². The average molecular weight is 293 g/mol. The molecule has 2 aromatic carbocycles. The predicted molar refractivity (Wildman–Crippen MR) is 71.0 cm³/mol. The molecule has 0 fully saturated rings. The molecule has 0 aliphatic rings. The average Bonchev–Trinajstić information content (AvgIpc) is 2.40. The van der Waals surface area contributed by atoms with Crippen molar-refractivity contribution in [2.24, 2.45) is 0 Å². The van der Waals surface area contributed by atoms with E-state index in [2.05, 4.69) is 24.3 Å². The Kier molecular flexibility index (Phi) is 4.07. The number of rotatable bonds is 4. The third-order valence-electron chi connectivity index (χ3n) is 2.35. The van der Waals surface area contributed by atoms with E-state index in [9.17, 15) is 0 Å². The third kappa shape index (κ3) is 3.26. The Balaban J connectivity index is 2.08. The Hall–Kier alpha value is -1.44. The second-order valence-corrected chi connectivity index (χ2v) is 5.86. The third-order valence-corrected chi connectivity index (χ3v) is 4.49. The van der Waals surface area contributed by atoms with E-state index in [1.165, 1.54) is 8.92 Å². The molecule has 0 atom stereocenters. The van der Waals surface area contributed by atoms with Crippen molar-refractivity contribution in [3.05, 3.63) is 48.5 Å². The van der Waals surface area contributed by atoms with Gasteiger partial charge in [-0.2, -0.15) is 0 Å². The summed E-state index contributed by atoms with van der Waals surface area (Å²) in [5.41, 5.74) is 0. The van der Waals surface area contributed by atoms with Gasteiger partial charge in [0.2, 0.25) is 0 Å². The predicted octanol–water partition coefficient (Wildman–Crippen LogP) is 1.36. The molecule has 3 heteroatoms. The molecular weight excluding hydrogens is 279 g/mol. The quantitative estimate of drug-likeness (QED) is 0.793. The molecule has 0 spiro atoms. The van der Waals surface area contributed by atoms with Crippen molar-refractivity contribution >= 4 is 23.9 Å². The molecule has 0 N–H and O–H groups in total. The van der Waals surface area contributed by atoms with Gasteiger partial charge in [0.25, 0.3) is 0 Å². The van der Waals surface area contributed by atoms with Crippen molar-refractivity contribution in [2.45, 2.75) is 0 Å². The second kappa shape index (κ2) is 5.76. The zero-order valence-electron chi connectivity index (χ0n) is 9.84.